The number of benzene rings is 1. The standard InChI is InChI=1S/C24H30O5/c1-3-4-7-15(2)19(25)13-12-17-20(26)14-21-23(17)18-10-5-8-16(24(18)29-21)9-6-11-22(27)28/h5,8,10,12-13,15,17,19-21,23,25-26H,6-7,9,11,14H2,1-2H3,(H,27,28)/t15-,17+,19-,20-,21+,23+/m1/s1. The van der Waals surface area contributed by atoms with Crippen molar-refractivity contribution >= 4 is 5.97 Å². The number of ether oxygens (including phenoxy) is 1. The first kappa shape index (κ1) is 21.4. The number of aliphatic hydroxyl groups is 2. The van der Waals surface area contributed by atoms with E-state index < -0.39 is 18.2 Å². The van der Waals surface area contributed by atoms with E-state index in [-0.39, 0.29) is 30.3 Å². The minimum absolute atomic E-state index is 0.0287. The van der Waals surface area contributed by atoms with Crippen LogP contribution in [0, 0.1) is 23.7 Å². The number of hydrogen-bond donors (Lipinski definition) is 3. The van der Waals surface area contributed by atoms with Crippen molar-refractivity contribution in [2.24, 2.45) is 11.8 Å². The van der Waals surface area contributed by atoms with Gasteiger partial charge in [-0.05, 0) is 31.2 Å². The van der Waals surface area contributed by atoms with E-state index in [9.17, 15) is 15.0 Å². The van der Waals surface area contributed by atoms with E-state index in [1.807, 2.05) is 31.2 Å². The van der Waals surface area contributed by atoms with Gasteiger partial charge in [-0.3, -0.25) is 4.79 Å². The van der Waals surface area contributed by atoms with Gasteiger partial charge in [0.05, 0.1) is 12.2 Å². The maximum absolute atomic E-state index is 10.8. The first-order valence-electron chi connectivity index (χ1n) is 10.4. The van der Waals surface area contributed by atoms with Crippen molar-refractivity contribution in [2.45, 2.75) is 70.2 Å². The highest BCUT2D eigenvalue weighted by molar-refractivity contribution is 5.66. The summed E-state index contributed by atoms with van der Waals surface area (Å²) in [7, 11) is 0. The van der Waals surface area contributed by atoms with Crippen LogP contribution in [-0.2, 0) is 11.2 Å². The molecular weight excluding hydrogens is 368 g/mol. The van der Waals surface area contributed by atoms with Crippen molar-refractivity contribution in [2.75, 3.05) is 0 Å². The molecule has 0 amide bonds. The molecule has 29 heavy (non-hydrogen) atoms. The van der Waals surface area contributed by atoms with Gasteiger partial charge in [-0.15, -0.1) is 11.8 Å². The first-order valence-corrected chi connectivity index (χ1v) is 10.4. The third kappa shape index (κ3) is 4.83. The molecule has 156 valence electrons. The Morgan fingerprint density at radius 1 is 1.41 bits per heavy atom. The van der Waals surface area contributed by atoms with Crippen LogP contribution in [-0.4, -0.2) is 39.6 Å². The van der Waals surface area contributed by atoms with Crippen molar-refractivity contribution in [3.63, 3.8) is 0 Å². The number of aliphatic carboxylic acids is 1. The molecule has 3 N–H and O–H groups in total. The molecule has 2 aliphatic rings. The molecule has 1 saturated carbocycles. The molecule has 1 heterocycles. The Labute approximate surface area is 172 Å². The quantitative estimate of drug-likeness (QED) is 0.462. The molecule has 0 saturated heterocycles. The highest BCUT2D eigenvalue weighted by Gasteiger charge is 2.48. The average Bonchev–Trinajstić information content (AvgIpc) is 3.19. The Bertz CT molecular complexity index is 818. The van der Waals surface area contributed by atoms with Crippen LogP contribution in [0.15, 0.2) is 30.4 Å². The van der Waals surface area contributed by atoms with E-state index in [0.29, 0.717) is 25.7 Å². The summed E-state index contributed by atoms with van der Waals surface area (Å²) in [6.45, 7) is 3.75. The van der Waals surface area contributed by atoms with Gasteiger partial charge in [-0.2, -0.15) is 0 Å². The van der Waals surface area contributed by atoms with Gasteiger partial charge >= 0.3 is 5.97 Å². The van der Waals surface area contributed by atoms with Crippen molar-refractivity contribution in [1.82, 2.24) is 0 Å². The highest BCUT2D eigenvalue weighted by atomic mass is 16.5. The van der Waals surface area contributed by atoms with Gasteiger partial charge in [0.1, 0.15) is 11.9 Å². The second kappa shape index (κ2) is 9.47. The van der Waals surface area contributed by atoms with Gasteiger partial charge in [0.25, 0.3) is 0 Å². The summed E-state index contributed by atoms with van der Waals surface area (Å²) in [5, 5.41) is 29.9. The minimum atomic E-state index is -0.790. The van der Waals surface area contributed by atoms with Gasteiger partial charge in [0.2, 0.25) is 0 Å². The maximum Gasteiger partial charge on any atom is 0.303 e. The summed E-state index contributed by atoms with van der Waals surface area (Å²) in [4.78, 5) is 10.8. The van der Waals surface area contributed by atoms with Crippen molar-refractivity contribution < 1.29 is 24.9 Å². The summed E-state index contributed by atoms with van der Waals surface area (Å²) in [5.74, 6) is 5.87. The molecule has 1 aromatic carbocycles. The van der Waals surface area contributed by atoms with E-state index >= 15 is 0 Å². The fourth-order valence-electron chi connectivity index (χ4n) is 4.41. The second-order valence-corrected chi connectivity index (χ2v) is 8.13. The zero-order valence-electron chi connectivity index (χ0n) is 17.0. The summed E-state index contributed by atoms with van der Waals surface area (Å²) in [6.07, 6.45) is 5.07. The number of hydrogen-bond acceptors (Lipinski definition) is 4. The number of aliphatic hydroxyl groups excluding tert-OH is 2. The highest BCUT2D eigenvalue weighted by Crippen LogP contribution is 2.52. The van der Waals surface area contributed by atoms with Crippen molar-refractivity contribution in [1.29, 1.82) is 0 Å². The Balaban J connectivity index is 1.75. The lowest BCUT2D eigenvalue weighted by molar-refractivity contribution is -0.137. The van der Waals surface area contributed by atoms with E-state index in [0.717, 1.165) is 16.9 Å². The molecule has 0 unspecified atom stereocenters. The molecule has 1 fully saturated rings. The van der Waals surface area contributed by atoms with Gasteiger partial charge in [-0.1, -0.05) is 37.3 Å². The number of aryl methyl sites for hydroxylation is 1. The lowest BCUT2D eigenvalue weighted by Crippen LogP contribution is -2.19. The molecular formula is C24H30O5. The molecule has 0 aromatic heterocycles. The molecule has 1 aliphatic carbocycles. The van der Waals surface area contributed by atoms with Crippen LogP contribution in [0.1, 0.15) is 56.6 Å². The van der Waals surface area contributed by atoms with Gasteiger partial charge in [-0.25, -0.2) is 0 Å². The summed E-state index contributed by atoms with van der Waals surface area (Å²) in [5.41, 5.74) is 2.11. The number of carboxylic acids is 1. The molecule has 5 heteroatoms. The van der Waals surface area contributed by atoms with E-state index in [1.54, 1.807) is 13.0 Å². The van der Waals surface area contributed by atoms with Gasteiger partial charge < -0.3 is 20.1 Å². The smallest absolute Gasteiger partial charge is 0.303 e. The third-order valence-electron chi connectivity index (χ3n) is 6.04. The lowest BCUT2D eigenvalue weighted by Gasteiger charge is -2.19. The average molecular weight is 398 g/mol. The van der Waals surface area contributed by atoms with Crippen molar-refractivity contribution in [3.8, 4) is 17.6 Å². The topological polar surface area (TPSA) is 87.0 Å². The molecule has 0 bridgehead atoms. The lowest BCUT2D eigenvalue weighted by atomic mass is 9.86. The first-order chi connectivity index (χ1) is 13.9. The number of fused-ring (bicyclic) bond motifs is 3. The number of para-hydroxylation sites is 1. The molecule has 1 aliphatic heterocycles. The van der Waals surface area contributed by atoms with E-state index in [4.69, 9.17) is 9.84 Å². The van der Waals surface area contributed by atoms with Crippen LogP contribution in [0.25, 0.3) is 0 Å². The van der Waals surface area contributed by atoms with E-state index in [2.05, 4.69) is 11.8 Å². The molecule has 1 aromatic rings. The van der Waals surface area contributed by atoms with Gasteiger partial charge in [0, 0.05) is 36.7 Å². The van der Waals surface area contributed by atoms with Crippen LogP contribution in [0.2, 0.25) is 0 Å². The maximum atomic E-state index is 10.8. The summed E-state index contributed by atoms with van der Waals surface area (Å²) in [6, 6.07) is 6.01. The van der Waals surface area contributed by atoms with Crippen LogP contribution < -0.4 is 4.74 Å². The predicted octanol–water partition coefficient (Wildman–Crippen LogP) is 3.29. The Kier molecular flexibility index (Phi) is 7.00. The Morgan fingerprint density at radius 2 is 2.21 bits per heavy atom. The fourth-order valence-corrected chi connectivity index (χ4v) is 4.41. The fraction of sp³-hybridized carbons (Fsp3) is 0.542. The predicted molar refractivity (Wildman–Crippen MR) is 111 cm³/mol. The van der Waals surface area contributed by atoms with E-state index in [1.165, 1.54) is 0 Å². The largest absolute Gasteiger partial charge is 0.489 e. The molecule has 5 nitrogen and oxygen atoms in total. The minimum Gasteiger partial charge on any atom is -0.489 e. The zero-order valence-corrected chi connectivity index (χ0v) is 17.0. The summed E-state index contributed by atoms with van der Waals surface area (Å²) >= 11 is 0. The molecule has 0 radical (unpaired) electrons. The summed E-state index contributed by atoms with van der Waals surface area (Å²) < 4.78 is 6.21. The monoisotopic (exact) mass is 398 g/mol. The SMILES string of the molecule is CC#CC[C@@H](C)[C@H](O)C=C[C@@H]1[C@H]2c3cccc(CCCC(=O)O)c3O[C@H]2C[C@H]1O. The second-order valence-electron chi connectivity index (χ2n) is 8.13. The molecule has 6 atom stereocenters. The Morgan fingerprint density at radius 3 is 2.93 bits per heavy atom. The number of carboxylic acid groups (broad SMARTS) is 1. The molecule has 0 spiro atoms. The number of carbonyl (C=O) groups is 1. The molecule has 3 rings (SSSR count). The number of rotatable bonds is 8. The van der Waals surface area contributed by atoms with Crippen molar-refractivity contribution in [3.05, 3.63) is 41.5 Å². The zero-order chi connectivity index (χ0) is 21.0. The van der Waals surface area contributed by atoms with Crippen LogP contribution >= 0.6 is 0 Å². The van der Waals surface area contributed by atoms with Crippen LogP contribution in [0.4, 0.5) is 0 Å². The normalized spacial score (nSPS) is 26.9. The van der Waals surface area contributed by atoms with Gasteiger partial charge in [0.15, 0.2) is 0 Å². The van der Waals surface area contributed by atoms with Crippen LogP contribution in [0.3, 0.4) is 0 Å². The van der Waals surface area contributed by atoms with Crippen LogP contribution in [0.5, 0.6) is 5.75 Å². The third-order valence-corrected chi connectivity index (χ3v) is 6.04. The Hall–Kier alpha value is -2.29.